The van der Waals surface area contributed by atoms with E-state index in [2.05, 4.69) is 36.0 Å². The monoisotopic (exact) mass is 487 g/mol. The van der Waals surface area contributed by atoms with Crippen LogP contribution in [0.1, 0.15) is 21.9 Å². The number of nitrogens with zero attached hydrogens (tertiary/aromatic N) is 8. The Balaban J connectivity index is 1.48. The van der Waals surface area contributed by atoms with Crippen LogP contribution in [0.4, 0.5) is 0 Å². The van der Waals surface area contributed by atoms with Crippen LogP contribution in [0, 0.1) is 6.92 Å². The summed E-state index contributed by atoms with van der Waals surface area (Å²) in [6.07, 6.45) is 3.46. The van der Waals surface area contributed by atoms with Gasteiger partial charge in [0.25, 0.3) is 5.91 Å². The molecule has 180 valence electrons. The maximum absolute atomic E-state index is 12.9. The SMILES string of the molecule is Cc1c(C(=O)N/N=C/c2cccn2C)nnc2c3c(-c4ccccc4)c(-c4ccccc4)nnc3nn12. The van der Waals surface area contributed by atoms with Gasteiger partial charge in [0.15, 0.2) is 11.3 Å². The van der Waals surface area contributed by atoms with E-state index in [1.54, 1.807) is 17.7 Å². The highest BCUT2D eigenvalue weighted by atomic mass is 16.2. The van der Waals surface area contributed by atoms with E-state index in [-0.39, 0.29) is 5.69 Å². The number of hydrazone groups is 1. The molecule has 0 unspecified atom stereocenters. The molecule has 10 nitrogen and oxygen atoms in total. The summed E-state index contributed by atoms with van der Waals surface area (Å²) in [5, 5.41) is 27.0. The highest BCUT2D eigenvalue weighted by Gasteiger charge is 2.23. The molecular formula is C27H21N9O. The Morgan fingerprint density at radius 2 is 1.62 bits per heavy atom. The Morgan fingerprint density at radius 3 is 2.32 bits per heavy atom. The average Bonchev–Trinajstić information content (AvgIpc) is 3.52. The minimum Gasteiger partial charge on any atom is -0.350 e. The molecule has 4 aromatic heterocycles. The topological polar surface area (TPSA) is 115 Å². The van der Waals surface area contributed by atoms with Crippen molar-refractivity contribution in [2.45, 2.75) is 6.92 Å². The molecule has 2 aromatic carbocycles. The third-order valence-corrected chi connectivity index (χ3v) is 6.15. The number of carbonyl (C=O) groups excluding carboxylic acids is 1. The van der Waals surface area contributed by atoms with Crippen molar-refractivity contribution in [3.63, 3.8) is 0 Å². The van der Waals surface area contributed by atoms with Crippen LogP contribution >= 0.6 is 0 Å². The maximum Gasteiger partial charge on any atom is 0.293 e. The Bertz CT molecular complexity index is 1790. The van der Waals surface area contributed by atoms with Crippen molar-refractivity contribution in [2.75, 3.05) is 0 Å². The van der Waals surface area contributed by atoms with Gasteiger partial charge in [-0.3, -0.25) is 4.79 Å². The van der Waals surface area contributed by atoms with E-state index in [0.717, 1.165) is 22.4 Å². The van der Waals surface area contributed by atoms with Crippen molar-refractivity contribution in [1.82, 2.24) is 40.0 Å². The van der Waals surface area contributed by atoms with Crippen molar-refractivity contribution in [2.24, 2.45) is 12.1 Å². The zero-order valence-corrected chi connectivity index (χ0v) is 20.1. The first-order valence-electron chi connectivity index (χ1n) is 11.6. The number of amides is 1. The van der Waals surface area contributed by atoms with Crippen LogP contribution in [0.2, 0.25) is 0 Å². The number of hydrogen-bond donors (Lipinski definition) is 1. The van der Waals surface area contributed by atoms with Gasteiger partial charge in [-0.05, 0) is 24.6 Å². The molecule has 0 bridgehead atoms. The summed E-state index contributed by atoms with van der Waals surface area (Å²) in [5.41, 5.74) is 8.32. The standard InChI is InChI=1S/C27H21N9O/c1-17-23(27(37)33-28-16-20-14-9-15-35(20)2)29-32-26-22-21(18-10-5-3-6-11-18)24(19-12-7-4-8-13-19)30-31-25(22)34-36(17)26/h3-16H,1-2H3,(H,33,37)/b28-16+. The molecule has 0 atom stereocenters. The van der Waals surface area contributed by atoms with Gasteiger partial charge in [-0.15, -0.1) is 25.5 Å². The quantitative estimate of drug-likeness (QED) is 0.292. The normalized spacial score (nSPS) is 11.5. The van der Waals surface area contributed by atoms with Gasteiger partial charge >= 0.3 is 0 Å². The number of nitrogens with one attached hydrogen (secondary N) is 1. The van der Waals surface area contributed by atoms with E-state index in [0.29, 0.717) is 28.1 Å². The molecule has 1 N–H and O–H groups in total. The summed E-state index contributed by atoms with van der Waals surface area (Å²) in [6, 6.07) is 23.6. The van der Waals surface area contributed by atoms with Crippen LogP contribution in [-0.4, -0.2) is 46.7 Å². The van der Waals surface area contributed by atoms with Crippen LogP contribution in [-0.2, 0) is 7.05 Å². The van der Waals surface area contributed by atoms with E-state index in [4.69, 9.17) is 0 Å². The molecule has 0 spiro atoms. The molecular weight excluding hydrogens is 466 g/mol. The Morgan fingerprint density at radius 1 is 0.892 bits per heavy atom. The Kier molecular flexibility index (Phi) is 5.45. The van der Waals surface area contributed by atoms with Gasteiger partial charge < -0.3 is 4.57 Å². The zero-order valence-electron chi connectivity index (χ0n) is 20.1. The Labute approximate surface area is 211 Å². The molecule has 0 fully saturated rings. The van der Waals surface area contributed by atoms with Crippen LogP contribution < -0.4 is 5.43 Å². The minimum absolute atomic E-state index is 0.113. The molecule has 0 aliphatic heterocycles. The third kappa shape index (κ3) is 3.90. The first-order chi connectivity index (χ1) is 18.1. The van der Waals surface area contributed by atoms with Crippen molar-refractivity contribution < 1.29 is 4.79 Å². The van der Waals surface area contributed by atoms with E-state index < -0.39 is 5.91 Å². The molecule has 0 aliphatic rings. The van der Waals surface area contributed by atoms with Crippen molar-refractivity contribution in [3.8, 4) is 22.4 Å². The van der Waals surface area contributed by atoms with Crippen molar-refractivity contribution in [1.29, 1.82) is 0 Å². The summed E-state index contributed by atoms with van der Waals surface area (Å²) in [5.74, 6) is -0.490. The largest absolute Gasteiger partial charge is 0.350 e. The molecule has 1 amide bonds. The lowest BCUT2D eigenvalue weighted by atomic mass is 9.97. The lowest BCUT2D eigenvalue weighted by molar-refractivity contribution is 0.0947. The van der Waals surface area contributed by atoms with Gasteiger partial charge in [0.05, 0.1) is 23.0 Å². The predicted molar refractivity (Wildman–Crippen MR) is 140 cm³/mol. The van der Waals surface area contributed by atoms with Crippen LogP contribution in [0.25, 0.3) is 39.1 Å². The molecule has 6 rings (SSSR count). The maximum atomic E-state index is 12.9. The van der Waals surface area contributed by atoms with Gasteiger partial charge in [0.2, 0.25) is 5.65 Å². The Hall–Kier alpha value is -5.25. The second kappa shape index (κ2) is 9.08. The van der Waals surface area contributed by atoms with Gasteiger partial charge in [-0.1, -0.05) is 60.7 Å². The number of aromatic nitrogens is 7. The number of fused-ring (bicyclic) bond motifs is 3. The minimum atomic E-state index is -0.490. The fourth-order valence-electron chi connectivity index (χ4n) is 4.27. The number of aryl methyl sites for hydroxylation is 2. The predicted octanol–water partition coefficient (Wildman–Crippen LogP) is 3.81. The van der Waals surface area contributed by atoms with E-state index in [9.17, 15) is 4.79 Å². The van der Waals surface area contributed by atoms with Crippen LogP contribution in [0.3, 0.4) is 0 Å². The fraction of sp³-hybridized carbons (Fsp3) is 0.0741. The molecule has 0 radical (unpaired) electrons. The zero-order chi connectivity index (χ0) is 25.4. The van der Waals surface area contributed by atoms with E-state index >= 15 is 0 Å². The average molecular weight is 488 g/mol. The number of rotatable bonds is 5. The molecule has 0 saturated heterocycles. The molecule has 6 aromatic rings. The highest BCUT2D eigenvalue weighted by Crippen LogP contribution is 2.37. The molecule has 10 heteroatoms. The van der Waals surface area contributed by atoms with Crippen molar-refractivity contribution >= 4 is 28.8 Å². The second-order valence-electron chi connectivity index (χ2n) is 8.47. The number of hydrogen-bond acceptors (Lipinski definition) is 7. The van der Waals surface area contributed by atoms with Gasteiger partial charge in [0, 0.05) is 24.4 Å². The second-order valence-corrected chi connectivity index (χ2v) is 8.47. The van der Waals surface area contributed by atoms with E-state index in [1.165, 1.54) is 0 Å². The third-order valence-electron chi connectivity index (χ3n) is 6.15. The lowest BCUT2D eigenvalue weighted by Gasteiger charge is -2.10. The summed E-state index contributed by atoms with van der Waals surface area (Å²) in [4.78, 5) is 12.9. The summed E-state index contributed by atoms with van der Waals surface area (Å²) >= 11 is 0. The fourth-order valence-corrected chi connectivity index (χ4v) is 4.27. The smallest absolute Gasteiger partial charge is 0.293 e. The van der Waals surface area contributed by atoms with E-state index in [1.807, 2.05) is 90.6 Å². The van der Waals surface area contributed by atoms with Crippen LogP contribution in [0.15, 0.2) is 84.1 Å². The van der Waals surface area contributed by atoms with Crippen molar-refractivity contribution in [3.05, 3.63) is 96.1 Å². The summed E-state index contributed by atoms with van der Waals surface area (Å²) < 4.78 is 3.47. The first-order valence-corrected chi connectivity index (χ1v) is 11.6. The summed E-state index contributed by atoms with van der Waals surface area (Å²) in [7, 11) is 1.89. The number of carbonyl (C=O) groups is 1. The molecule has 0 aliphatic carbocycles. The lowest BCUT2D eigenvalue weighted by Crippen LogP contribution is -2.22. The molecule has 37 heavy (non-hydrogen) atoms. The van der Waals surface area contributed by atoms with Crippen LogP contribution in [0.5, 0.6) is 0 Å². The van der Waals surface area contributed by atoms with Gasteiger partial charge in [0.1, 0.15) is 5.69 Å². The summed E-state index contributed by atoms with van der Waals surface area (Å²) in [6.45, 7) is 1.76. The number of benzene rings is 2. The van der Waals surface area contributed by atoms with Gasteiger partial charge in [-0.2, -0.15) is 5.10 Å². The van der Waals surface area contributed by atoms with Gasteiger partial charge in [-0.25, -0.2) is 9.94 Å². The first kappa shape index (κ1) is 22.2. The molecule has 0 saturated carbocycles. The highest BCUT2D eigenvalue weighted by molar-refractivity contribution is 6.07. The molecule has 4 heterocycles.